The number of amides is 1. The van der Waals surface area contributed by atoms with E-state index in [1.165, 1.54) is 0 Å². The van der Waals surface area contributed by atoms with Gasteiger partial charge in [-0.2, -0.15) is 0 Å². The van der Waals surface area contributed by atoms with E-state index in [2.05, 4.69) is 26.1 Å². The molecule has 11 heavy (non-hydrogen) atoms. The van der Waals surface area contributed by atoms with Crippen LogP contribution in [0.2, 0.25) is 0 Å². The van der Waals surface area contributed by atoms with Gasteiger partial charge in [-0.3, -0.25) is 4.79 Å². The van der Waals surface area contributed by atoms with Crippen molar-refractivity contribution in [3.63, 3.8) is 0 Å². The summed E-state index contributed by atoms with van der Waals surface area (Å²) in [6, 6.07) is 0.378. The minimum Gasteiger partial charge on any atom is -0.353 e. The lowest BCUT2D eigenvalue weighted by molar-refractivity contribution is -0.124. The van der Waals surface area contributed by atoms with Crippen LogP contribution in [0.4, 0.5) is 0 Å². The molecule has 0 saturated carbocycles. The molecule has 1 unspecified atom stereocenters. The maximum absolute atomic E-state index is 11.0. The van der Waals surface area contributed by atoms with E-state index >= 15 is 0 Å². The Morgan fingerprint density at radius 1 is 1.45 bits per heavy atom. The van der Waals surface area contributed by atoms with Gasteiger partial charge in [0.2, 0.25) is 5.91 Å². The Hall–Kier alpha value is -0.530. The highest BCUT2D eigenvalue weighted by Gasteiger charge is 2.28. The number of hydrogen-bond acceptors (Lipinski definition) is 1. The van der Waals surface area contributed by atoms with Crippen molar-refractivity contribution in [1.29, 1.82) is 0 Å². The van der Waals surface area contributed by atoms with Crippen LogP contribution in [-0.2, 0) is 4.79 Å². The van der Waals surface area contributed by atoms with Gasteiger partial charge in [-0.25, -0.2) is 0 Å². The van der Waals surface area contributed by atoms with E-state index in [0.29, 0.717) is 12.5 Å². The standard InChI is InChI=1S/C9H17NO/c1-9(2,3)7-5-4-6-8(11)10-7/h7H,4-6H2,1-3H3,(H,10,11). The van der Waals surface area contributed by atoms with Crippen molar-refractivity contribution in [3.8, 4) is 0 Å². The number of carbonyl (C=O) groups is 1. The minimum absolute atomic E-state index is 0.218. The van der Waals surface area contributed by atoms with Crippen LogP contribution in [0.3, 0.4) is 0 Å². The highest BCUT2D eigenvalue weighted by atomic mass is 16.1. The van der Waals surface area contributed by atoms with Crippen LogP contribution >= 0.6 is 0 Å². The molecule has 1 aliphatic rings. The van der Waals surface area contributed by atoms with Crippen LogP contribution < -0.4 is 5.32 Å². The molecule has 0 aromatic heterocycles. The molecule has 0 aromatic carbocycles. The lowest BCUT2D eigenvalue weighted by Crippen LogP contribution is -2.46. The van der Waals surface area contributed by atoms with Crippen molar-refractivity contribution in [2.45, 2.75) is 46.1 Å². The molecule has 1 rings (SSSR count). The second-order valence-corrected chi connectivity index (χ2v) is 4.38. The molecule has 64 valence electrons. The smallest absolute Gasteiger partial charge is 0.220 e. The molecule has 1 heterocycles. The van der Waals surface area contributed by atoms with Crippen molar-refractivity contribution >= 4 is 5.91 Å². The van der Waals surface area contributed by atoms with Gasteiger partial charge < -0.3 is 5.32 Å². The molecule has 0 aromatic rings. The largest absolute Gasteiger partial charge is 0.353 e. The fourth-order valence-electron chi connectivity index (χ4n) is 1.45. The Bertz CT molecular complexity index is 157. The zero-order valence-corrected chi connectivity index (χ0v) is 7.61. The van der Waals surface area contributed by atoms with E-state index in [0.717, 1.165) is 12.8 Å². The van der Waals surface area contributed by atoms with E-state index in [1.54, 1.807) is 0 Å². The van der Waals surface area contributed by atoms with Crippen molar-refractivity contribution < 1.29 is 4.79 Å². The summed E-state index contributed by atoms with van der Waals surface area (Å²) in [5.74, 6) is 0.219. The first kappa shape index (κ1) is 8.57. The van der Waals surface area contributed by atoms with E-state index in [9.17, 15) is 4.79 Å². The van der Waals surface area contributed by atoms with Crippen molar-refractivity contribution in [2.75, 3.05) is 0 Å². The molecular weight excluding hydrogens is 138 g/mol. The third-order valence-electron chi connectivity index (χ3n) is 2.28. The van der Waals surface area contributed by atoms with Gasteiger partial charge in [-0.05, 0) is 18.3 Å². The Morgan fingerprint density at radius 2 is 2.09 bits per heavy atom. The van der Waals surface area contributed by atoms with Gasteiger partial charge in [0.15, 0.2) is 0 Å². The molecule has 1 amide bonds. The zero-order valence-electron chi connectivity index (χ0n) is 7.61. The summed E-state index contributed by atoms with van der Waals surface area (Å²) in [7, 11) is 0. The lowest BCUT2D eigenvalue weighted by Gasteiger charge is -2.34. The van der Waals surface area contributed by atoms with Crippen LogP contribution in [0.25, 0.3) is 0 Å². The van der Waals surface area contributed by atoms with Crippen molar-refractivity contribution in [3.05, 3.63) is 0 Å². The molecule has 1 aliphatic heterocycles. The molecule has 1 fully saturated rings. The number of carbonyl (C=O) groups excluding carboxylic acids is 1. The van der Waals surface area contributed by atoms with Crippen LogP contribution in [0.5, 0.6) is 0 Å². The summed E-state index contributed by atoms with van der Waals surface area (Å²) in [5, 5.41) is 3.02. The monoisotopic (exact) mass is 155 g/mol. The highest BCUT2D eigenvalue weighted by Crippen LogP contribution is 2.25. The van der Waals surface area contributed by atoms with Crippen LogP contribution in [0, 0.1) is 5.41 Å². The maximum Gasteiger partial charge on any atom is 0.220 e. The first-order valence-corrected chi connectivity index (χ1v) is 4.29. The normalized spacial score (nSPS) is 26.5. The predicted octanol–water partition coefficient (Wildman–Crippen LogP) is 1.70. The Morgan fingerprint density at radius 3 is 2.45 bits per heavy atom. The van der Waals surface area contributed by atoms with Gasteiger partial charge in [0.25, 0.3) is 0 Å². The molecule has 0 aliphatic carbocycles. The molecular formula is C9H17NO. The van der Waals surface area contributed by atoms with E-state index < -0.39 is 0 Å². The second-order valence-electron chi connectivity index (χ2n) is 4.38. The summed E-state index contributed by atoms with van der Waals surface area (Å²) in [6.07, 6.45) is 2.90. The van der Waals surface area contributed by atoms with E-state index in [1.807, 2.05) is 0 Å². The first-order valence-electron chi connectivity index (χ1n) is 4.29. The second kappa shape index (κ2) is 2.84. The van der Waals surface area contributed by atoms with Crippen molar-refractivity contribution in [1.82, 2.24) is 5.32 Å². The molecule has 0 bridgehead atoms. The number of rotatable bonds is 0. The molecule has 1 N–H and O–H groups in total. The van der Waals surface area contributed by atoms with Gasteiger partial charge in [0, 0.05) is 12.5 Å². The average molecular weight is 155 g/mol. The molecule has 1 atom stereocenters. The third kappa shape index (κ3) is 2.21. The summed E-state index contributed by atoms with van der Waals surface area (Å²) >= 11 is 0. The third-order valence-corrected chi connectivity index (χ3v) is 2.28. The maximum atomic E-state index is 11.0. The van der Waals surface area contributed by atoms with Gasteiger partial charge in [-0.1, -0.05) is 20.8 Å². The van der Waals surface area contributed by atoms with E-state index in [4.69, 9.17) is 0 Å². The lowest BCUT2D eigenvalue weighted by atomic mass is 9.82. The van der Waals surface area contributed by atoms with Gasteiger partial charge in [-0.15, -0.1) is 0 Å². The molecule has 2 heteroatoms. The average Bonchev–Trinajstić information content (AvgIpc) is 1.86. The molecule has 2 nitrogen and oxygen atoms in total. The van der Waals surface area contributed by atoms with Gasteiger partial charge >= 0.3 is 0 Å². The Labute approximate surface area is 68.4 Å². The van der Waals surface area contributed by atoms with E-state index in [-0.39, 0.29) is 11.3 Å². The summed E-state index contributed by atoms with van der Waals surface area (Å²) in [6.45, 7) is 6.51. The van der Waals surface area contributed by atoms with Crippen LogP contribution in [-0.4, -0.2) is 11.9 Å². The van der Waals surface area contributed by atoms with Crippen molar-refractivity contribution in [2.24, 2.45) is 5.41 Å². The quantitative estimate of drug-likeness (QED) is 0.567. The Balaban J connectivity index is 2.53. The molecule has 0 radical (unpaired) electrons. The van der Waals surface area contributed by atoms with Crippen LogP contribution in [0.15, 0.2) is 0 Å². The first-order chi connectivity index (χ1) is 5.00. The number of piperidine rings is 1. The van der Waals surface area contributed by atoms with Gasteiger partial charge in [0.1, 0.15) is 0 Å². The fourth-order valence-corrected chi connectivity index (χ4v) is 1.45. The predicted molar refractivity (Wildman–Crippen MR) is 45.2 cm³/mol. The minimum atomic E-state index is 0.218. The fraction of sp³-hybridized carbons (Fsp3) is 0.889. The zero-order chi connectivity index (χ0) is 8.48. The number of nitrogens with one attached hydrogen (secondary N) is 1. The topological polar surface area (TPSA) is 29.1 Å². The SMILES string of the molecule is CC(C)(C)C1CCCC(=O)N1. The summed E-state index contributed by atoms with van der Waals surface area (Å²) < 4.78 is 0. The van der Waals surface area contributed by atoms with Gasteiger partial charge in [0.05, 0.1) is 0 Å². The highest BCUT2D eigenvalue weighted by molar-refractivity contribution is 5.77. The number of hydrogen-bond donors (Lipinski definition) is 1. The summed E-state index contributed by atoms with van der Waals surface area (Å²) in [5.41, 5.74) is 0.218. The van der Waals surface area contributed by atoms with Crippen LogP contribution in [0.1, 0.15) is 40.0 Å². The molecule has 1 saturated heterocycles. The molecule has 0 spiro atoms. The summed E-state index contributed by atoms with van der Waals surface area (Å²) in [4.78, 5) is 11.0. The Kier molecular flexibility index (Phi) is 2.21.